The summed E-state index contributed by atoms with van der Waals surface area (Å²) in [5.41, 5.74) is 25.8. The summed E-state index contributed by atoms with van der Waals surface area (Å²) in [4.78, 5) is 49.1. The quantitative estimate of drug-likeness (QED) is 0.126. The summed E-state index contributed by atoms with van der Waals surface area (Å²) >= 11 is 0. The van der Waals surface area contributed by atoms with Gasteiger partial charge in [0.2, 0.25) is 23.7 Å². The van der Waals surface area contributed by atoms with Gasteiger partial charge in [-0.1, -0.05) is 12.2 Å². The van der Waals surface area contributed by atoms with Crippen LogP contribution in [-0.4, -0.2) is 98.9 Å². The number of carbonyl (C=O) groups is 3. The highest BCUT2D eigenvalue weighted by Crippen LogP contribution is 2.31. The lowest BCUT2D eigenvalue weighted by Gasteiger charge is -2.35. The zero-order chi connectivity index (χ0) is 35.5. The number of nitrogens with two attached hydrogens (primary N) is 4. The van der Waals surface area contributed by atoms with E-state index < -0.39 is 17.4 Å². The van der Waals surface area contributed by atoms with Crippen LogP contribution in [0.4, 0.5) is 16.7 Å². The third-order valence-corrected chi connectivity index (χ3v) is 8.10. The molecule has 0 radical (unpaired) electrons. The number of nitrogens with zero attached hydrogens (tertiary/aromatic N) is 6. The van der Waals surface area contributed by atoms with Gasteiger partial charge in [0.1, 0.15) is 28.1 Å². The number of rotatable bonds is 12. The minimum atomic E-state index is -0.605. The summed E-state index contributed by atoms with van der Waals surface area (Å²) in [6.07, 6.45) is 4.21. The lowest BCUT2D eigenvalue weighted by Crippen LogP contribution is -2.50. The fourth-order valence-corrected chi connectivity index (χ4v) is 5.73. The Balaban J connectivity index is 1.26. The van der Waals surface area contributed by atoms with Gasteiger partial charge in [-0.15, -0.1) is 0 Å². The summed E-state index contributed by atoms with van der Waals surface area (Å²) in [5.74, 6) is 0.141. The number of hydrogen-bond donors (Lipinski definition) is 4. The Bertz CT molecular complexity index is 1900. The van der Waals surface area contributed by atoms with Gasteiger partial charge in [0.15, 0.2) is 0 Å². The number of allylic oxidation sites excluding steroid dienone is 2. The van der Waals surface area contributed by atoms with Crippen LogP contribution in [0.2, 0.25) is 0 Å². The van der Waals surface area contributed by atoms with Crippen LogP contribution in [-0.2, 0) is 17.8 Å². The van der Waals surface area contributed by atoms with Gasteiger partial charge in [-0.2, -0.15) is 0 Å². The van der Waals surface area contributed by atoms with Gasteiger partial charge in [0, 0.05) is 56.9 Å². The van der Waals surface area contributed by atoms with Crippen molar-refractivity contribution in [2.45, 2.75) is 45.9 Å². The first-order valence-corrected chi connectivity index (χ1v) is 16.0. The number of aromatic nitrogens is 4. The van der Waals surface area contributed by atoms with E-state index in [1.54, 1.807) is 38.3 Å². The van der Waals surface area contributed by atoms with Crippen LogP contribution >= 0.6 is 0 Å². The average molecular weight is 677 g/mol. The number of piperazine rings is 1. The maximum Gasteiger partial charge on any atom is 0.410 e. The van der Waals surface area contributed by atoms with Crippen molar-refractivity contribution in [1.29, 1.82) is 0 Å². The normalized spacial score (nSPS) is 14.2. The second-order valence-corrected chi connectivity index (χ2v) is 12.8. The maximum atomic E-state index is 12.4. The van der Waals surface area contributed by atoms with Crippen molar-refractivity contribution >= 4 is 51.9 Å². The van der Waals surface area contributed by atoms with Gasteiger partial charge >= 0.3 is 6.09 Å². The Morgan fingerprint density at radius 2 is 1.33 bits per heavy atom. The first-order valence-electron chi connectivity index (χ1n) is 16.0. The smallest absolute Gasteiger partial charge is 0.410 e. The number of ether oxygens (including phenoxy) is 3. The van der Waals surface area contributed by atoms with Crippen molar-refractivity contribution in [2.75, 3.05) is 57.9 Å². The number of amides is 3. The molecule has 0 unspecified atom stereocenters. The van der Waals surface area contributed by atoms with Crippen LogP contribution in [0.1, 0.15) is 47.9 Å². The van der Waals surface area contributed by atoms with Crippen LogP contribution in [0.5, 0.6) is 11.5 Å². The number of primary amides is 2. The summed E-state index contributed by atoms with van der Waals surface area (Å²) in [7, 11) is 1.49. The van der Waals surface area contributed by atoms with Crippen molar-refractivity contribution < 1.29 is 28.6 Å². The number of imidazole rings is 2. The summed E-state index contributed by atoms with van der Waals surface area (Å²) in [5, 5.41) is 0. The predicted molar refractivity (Wildman–Crippen MR) is 185 cm³/mol. The molecule has 0 spiro atoms. The van der Waals surface area contributed by atoms with Crippen LogP contribution in [0.15, 0.2) is 36.4 Å². The molecule has 1 aliphatic rings. The Morgan fingerprint density at radius 1 is 0.816 bits per heavy atom. The van der Waals surface area contributed by atoms with Crippen molar-refractivity contribution in [3.05, 3.63) is 47.5 Å². The Labute approximate surface area is 283 Å². The van der Waals surface area contributed by atoms with Crippen LogP contribution in [0, 0.1) is 0 Å². The molecule has 0 saturated carbocycles. The third kappa shape index (κ3) is 7.97. The van der Waals surface area contributed by atoms with Gasteiger partial charge in [0.25, 0.3) is 0 Å². The molecule has 8 N–H and O–H groups in total. The number of nitrogen functional groups attached to an aromatic ring is 2. The highest BCUT2D eigenvalue weighted by atomic mass is 16.6. The van der Waals surface area contributed by atoms with Crippen molar-refractivity contribution in [3.8, 4) is 11.5 Å². The Hall–Kier alpha value is -5.51. The molecule has 5 rings (SSSR count). The highest BCUT2D eigenvalue weighted by molar-refractivity contribution is 5.99. The van der Waals surface area contributed by atoms with E-state index in [0.717, 1.165) is 19.6 Å². The highest BCUT2D eigenvalue weighted by Gasteiger charge is 2.26. The minimum Gasteiger partial charge on any atom is -0.494 e. The van der Waals surface area contributed by atoms with Crippen LogP contribution in [0.3, 0.4) is 0 Å². The van der Waals surface area contributed by atoms with Crippen LogP contribution < -0.4 is 32.4 Å². The largest absolute Gasteiger partial charge is 0.494 e. The van der Waals surface area contributed by atoms with Gasteiger partial charge in [-0.25, -0.2) is 14.8 Å². The molecular weight excluding hydrogens is 632 g/mol. The van der Waals surface area contributed by atoms with Gasteiger partial charge in [-0.3, -0.25) is 14.5 Å². The molecule has 0 atom stereocenters. The number of fused-ring (bicyclic) bond motifs is 2. The second kappa shape index (κ2) is 14.3. The molecule has 1 fully saturated rings. The monoisotopic (exact) mass is 676 g/mol. The average Bonchev–Trinajstić information content (AvgIpc) is 3.54. The zero-order valence-electron chi connectivity index (χ0n) is 28.3. The molecule has 262 valence electrons. The van der Waals surface area contributed by atoms with Gasteiger partial charge in [-0.05, 0) is 51.5 Å². The summed E-state index contributed by atoms with van der Waals surface area (Å²) < 4.78 is 20.7. The zero-order valence-corrected chi connectivity index (χ0v) is 28.3. The molecule has 0 bridgehead atoms. The van der Waals surface area contributed by atoms with Crippen molar-refractivity contribution in [2.24, 2.45) is 11.5 Å². The van der Waals surface area contributed by atoms with E-state index >= 15 is 0 Å². The number of anilines is 2. The fraction of sp³-hybridized carbons (Fsp3) is 0.424. The molecule has 49 heavy (non-hydrogen) atoms. The number of benzene rings is 2. The Kier molecular flexibility index (Phi) is 10.2. The van der Waals surface area contributed by atoms with Crippen molar-refractivity contribution in [3.63, 3.8) is 0 Å². The molecule has 16 nitrogen and oxygen atoms in total. The molecule has 4 aromatic rings. The van der Waals surface area contributed by atoms with Gasteiger partial charge < -0.3 is 51.2 Å². The number of carbonyl (C=O) groups excluding carboxylic acids is 3. The lowest BCUT2D eigenvalue weighted by molar-refractivity contribution is 0.0142. The minimum absolute atomic E-state index is 0.238. The summed E-state index contributed by atoms with van der Waals surface area (Å²) in [6, 6.07) is 6.33. The van der Waals surface area contributed by atoms with Crippen molar-refractivity contribution in [1.82, 2.24) is 28.9 Å². The standard InChI is InChI=1S/C33H44N10O6/c1-33(2,3)49-32(46)41-13-11-40(12-14-41)8-7-15-48-25-19-21(29(35)45)17-23-27(25)43(31(37)39-23)10-6-5-9-42-26-22(38-30(42)36)16-20(28(34)44)18-24(26)47-4/h5-6,16-19H,7-15H2,1-4H3,(H2,34,44)(H2,35,45)(H2,36,38)(H2,37,39)/b6-5+. The molecule has 2 aromatic carbocycles. The van der Waals surface area contributed by atoms with E-state index in [0.29, 0.717) is 72.8 Å². The van der Waals surface area contributed by atoms with E-state index in [1.165, 1.54) is 7.11 Å². The molecule has 2 aromatic heterocycles. The first kappa shape index (κ1) is 34.8. The van der Waals surface area contributed by atoms with Gasteiger partial charge in [0.05, 0.1) is 24.8 Å². The summed E-state index contributed by atoms with van der Waals surface area (Å²) in [6.45, 7) is 10.1. The second-order valence-electron chi connectivity index (χ2n) is 12.8. The predicted octanol–water partition coefficient (Wildman–Crippen LogP) is 2.33. The van der Waals surface area contributed by atoms with E-state index in [4.69, 9.17) is 37.1 Å². The molecule has 1 aliphatic heterocycles. The van der Waals surface area contributed by atoms with E-state index in [1.807, 2.05) is 32.9 Å². The van der Waals surface area contributed by atoms with Crippen LogP contribution in [0.25, 0.3) is 22.1 Å². The third-order valence-electron chi connectivity index (χ3n) is 8.10. The maximum absolute atomic E-state index is 12.4. The van der Waals surface area contributed by atoms with E-state index in [-0.39, 0.29) is 29.1 Å². The topological polar surface area (TPSA) is 225 Å². The fourth-order valence-electron chi connectivity index (χ4n) is 5.73. The first-order chi connectivity index (χ1) is 23.3. The number of hydrogen-bond acceptors (Lipinski definition) is 11. The van der Waals surface area contributed by atoms with E-state index in [2.05, 4.69) is 14.9 Å². The molecule has 16 heteroatoms. The lowest BCUT2D eigenvalue weighted by atomic mass is 10.1. The number of methoxy groups -OCH3 is 1. The SMILES string of the molecule is COc1cc(C(N)=O)cc2nc(N)n(C/C=C/Cn3c(N)nc4cc(C(N)=O)cc(OCCCN5CCN(C(=O)OC(C)(C)C)CC5)c43)c12. The molecule has 3 amide bonds. The molecule has 1 saturated heterocycles. The van der Waals surface area contributed by atoms with E-state index in [9.17, 15) is 14.4 Å². The Morgan fingerprint density at radius 3 is 1.82 bits per heavy atom. The molecule has 3 heterocycles. The molecule has 0 aliphatic carbocycles. The molecular formula is C33H44N10O6.